The zero-order chi connectivity index (χ0) is 25.5. The van der Waals surface area contributed by atoms with Crippen molar-refractivity contribution in [3.8, 4) is 0 Å². The largest absolute Gasteiger partial charge is 0.481 e. The van der Waals surface area contributed by atoms with Crippen LogP contribution in [0.4, 0.5) is 24.8 Å². The minimum atomic E-state index is -4.39. The molecule has 1 aliphatic rings. The Balaban J connectivity index is 1.78. The summed E-state index contributed by atoms with van der Waals surface area (Å²) in [6.45, 7) is 8.77. The molecule has 5 nitrogen and oxygen atoms in total. The van der Waals surface area contributed by atoms with Crippen LogP contribution >= 0.6 is 0 Å². The Kier molecular flexibility index (Phi) is 6.60. The van der Waals surface area contributed by atoms with Gasteiger partial charge in [0, 0.05) is 18.2 Å². The molecule has 2 aromatic carbocycles. The van der Waals surface area contributed by atoms with Gasteiger partial charge in [-0.2, -0.15) is 13.2 Å². The number of fused-ring (bicyclic) bond motifs is 1. The van der Waals surface area contributed by atoms with Crippen molar-refractivity contribution in [3.05, 3.63) is 53.1 Å². The zero-order valence-electron chi connectivity index (χ0n) is 20.5. The summed E-state index contributed by atoms with van der Waals surface area (Å²) in [5.41, 5.74) is 3.62. The molecule has 8 heteroatoms. The quantitative estimate of drug-likeness (QED) is 0.378. The molecule has 0 saturated heterocycles. The molecule has 1 aliphatic carbocycles. The molecule has 0 bridgehead atoms. The van der Waals surface area contributed by atoms with Crippen LogP contribution in [0.1, 0.15) is 69.2 Å². The Hall–Kier alpha value is -3.03. The molecule has 0 spiro atoms. The van der Waals surface area contributed by atoms with E-state index in [4.69, 9.17) is 10.1 Å². The lowest BCUT2D eigenvalue weighted by Gasteiger charge is -2.40. The van der Waals surface area contributed by atoms with E-state index >= 15 is 0 Å². The van der Waals surface area contributed by atoms with Crippen molar-refractivity contribution < 1.29 is 23.1 Å². The fraction of sp³-hybridized carbons (Fsp3) is 0.481. The molecule has 188 valence electrons. The summed E-state index contributed by atoms with van der Waals surface area (Å²) in [4.78, 5) is 15.9. The van der Waals surface area contributed by atoms with Crippen LogP contribution in [0.3, 0.4) is 0 Å². The average molecular weight is 488 g/mol. The van der Waals surface area contributed by atoms with Gasteiger partial charge >= 0.3 is 12.1 Å². The molecule has 0 radical (unpaired) electrons. The normalized spacial score (nSPS) is 20.2. The Labute approximate surface area is 203 Å². The van der Waals surface area contributed by atoms with Crippen molar-refractivity contribution in [2.45, 2.75) is 72.0 Å². The summed E-state index contributed by atoms with van der Waals surface area (Å²) in [7, 11) is 0. The first-order valence-electron chi connectivity index (χ1n) is 12.0. The Morgan fingerprint density at radius 1 is 1.20 bits per heavy atom. The van der Waals surface area contributed by atoms with Crippen LogP contribution in [0.5, 0.6) is 0 Å². The van der Waals surface area contributed by atoms with Crippen molar-refractivity contribution in [1.82, 2.24) is 9.55 Å². The second kappa shape index (κ2) is 9.21. The maximum Gasteiger partial charge on any atom is 0.416 e. The number of anilines is 2. The van der Waals surface area contributed by atoms with E-state index in [1.54, 1.807) is 0 Å². The Bertz CT molecular complexity index is 1230. The molecule has 2 atom stereocenters. The van der Waals surface area contributed by atoms with E-state index in [1.165, 1.54) is 12.1 Å². The minimum absolute atomic E-state index is 0.0397. The number of nitrogens with zero attached hydrogens (tertiary/aromatic N) is 2. The third-order valence-electron chi connectivity index (χ3n) is 6.95. The zero-order valence-corrected chi connectivity index (χ0v) is 20.5. The SMILES string of the molecule is Cc1cc2c(cc1CCC(=O)O)nc(Nc1ccc(C(F)(F)F)cc1)n2[C@H]1C[C@@H](C)CC(C)(C)C1. The highest BCUT2D eigenvalue weighted by Crippen LogP contribution is 2.46. The summed E-state index contributed by atoms with van der Waals surface area (Å²) in [5.74, 6) is 0.263. The Morgan fingerprint density at radius 3 is 2.49 bits per heavy atom. The first kappa shape index (κ1) is 25.1. The predicted octanol–water partition coefficient (Wildman–Crippen LogP) is 7.51. The summed E-state index contributed by atoms with van der Waals surface area (Å²) in [6, 6.07) is 9.15. The fourth-order valence-electron chi connectivity index (χ4n) is 5.62. The molecule has 0 unspecified atom stereocenters. The number of hydrogen-bond donors (Lipinski definition) is 2. The summed E-state index contributed by atoms with van der Waals surface area (Å²) in [5, 5.41) is 12.4. The summed E-state index contributed by atoms with van der Waals surface area (Å²) < 4.78 is 41.2. The molecule has 1 saturated carbocycles. The van der Waals surface area contributed by atoms with Crippen molar-refractivity contribution in [2.24, 2.45) is 11.3 Å². The van der Waals surface area contributed by atoms with Gasteiger partial charge in [0.2, 0.25) is 5.95 Å². The van der Waals surface area contributed by atoms with Crippen LogP contribution in [0.25, 0.3) is 11.0 Å². The van der Waals surface area contributed by atoms with Crippen LogP contribution in [0, 0.1) is 18.3 Å². The second-order valence-corrected chi connectivity index (χ2v) is 10.7. The van der Waals surface area contributed by atoms with Crippen LogP contribution in [-0.2, 0) is 17.4 Å². The standard InChI is InChI=1S/C27H32F3N3O2/c1-16-11-21(15-26(3,4)14-16)33-23-12-17(2)18(5-10-24(34)35)13-22(23)32-25(33)31-20-8-6-19(7-9-20)27(28,29)30/h6-9,12-13,16,21H,5,10-11,14-15H2,1-4H3,(H,31,32)(H,34,35)/t16-,21+/m1/s1. The number of aliphatic carboxylic acids is 1. The topological polar surface area (TPSA) is 67.2 Å². The number of imidazole rings is 1. The number of carboxylic acid groups (broad SMARTS) is 1. The van der Waals surface area contributed by atoms with E-state index in [1.807, 2.05) is 13.0 Å². The lowest BCUT2D eigenvalue weighted by Crippen LogP contribution is -2.29. The highest BCUT2D eigenvalue weighted by Gasteiger charge is 2.35. The number of aromatic nitrogens is 2. The average Bonchev–Trinajstić information content (AvgIpc) is 3.06. The number of benzene rings is 2. The van der Waals surface area contributed by atoms with E-state index < -0.39 is 17.7 Å². The maximum atomic E-state index is 13.0. The second-order valence-electron chi connectivity index (χ2n) is 10.7. The van der Waals surface area contributed by atoms with Gasteiger partial charge in [-0.05, 0) is 91.5 Å². The van der Waals surface area contributed by atoms with Gasteiger partial charge < -0.3 is 15.0 Å². The van der Waals surface area contributed by atoms with Gasteiger partial charge in [0.25, 0.3) is 0 Å². The molecule has 4 rings (SSSR count). The lowest BCUT2D eigenvalue weighted by atomic mass is 9.70. The minimum Gasteiger partial charge on any atom is -0.481 e. The fourth-order valence-corrected chi connectivity index (χ4v) is 5.62. The highest BCUT2D eigenvalue weighted by atomic mass is 19.4. The van der Waals surface area contributed by atoms with Crippen LogP contribution < -0.4 is 5.32 Å². The van der Waals surface area contributed by atoms with E-state index in [2.05, 4.69) is 36.7 Å². The van der Waals surface area contributed by atoms with Crippen molar-refractivity contribution in [3.63, 3.8) is 0 Å². The van der Waals surface area contributed by atoms with Crippen LogP contribution in [0.2, 0.25) is 0 Å². The van der Waals surface area contributed by atoms with Crippen molar-refractivity contribution in [1.29, 1.82) is 0 Å². The molecule has 0 amide bonds. The molecular formula is C27H32F3N3O2. The smallest absolute Gasteiger partial charge is 0.416 e. The molecule has 1 aromatic heterocycles. The number of rotatable bonds is 6. The van der Waals surface area contributed by atoms with E-state index in [0.29, 0.717) is 24.0 Å². The van der Waals surface area contributed by atoms with Gasteiger partial charge in [-0.25, -0.2) is 4.98 Å². The third kappa shape index (κ3) is 5.63. The number of aryl methyl sites for hydroxylation is 2. The van der Waals surface area contributed by atoms with Crippen molar-refractivity contribution >= 4 is 28.6 Å². The lowest BCUT2D eigenvalue weighted by molar-refractivity contribution is -0.138. The molecule has 1 fully saturated rings. The first-order chi connectivity index (χ1) is 16.3. The Morgan fingerprint density at radius 2 is 1.89 bits per heavy atom. The number of carbonyl (C=O) groups is 1. The van der Waals surface area contributed by atoms with E-state index in [9.17, 15) is 18.0 Å². The van der Waals surface area contributed by atoms with Gasteiger partial charge in [-0.3, -0.25) is 4.79 Å². The molecule has 0 aliphatic heterocycles. The van der Waals surface area contributed by atoms with Gasteiger partial charge in [-0.15, -0.1) is 0 Å². The number of hydrogen-bond acceptors (Lipinski definition) is 3. The number of alkyl halides is 3. The predicted molar refractivity (Wildman–Crippen MR) is 131 cm³/mol. The molecular weight excluding hydrogens is 455 g/mol. The van der Waals surface area contributed by atoms with E-state index in [-0.39, 0.29) is 17.9 Å². The van der Waals surface area contributed by atoms with Crippen LogP contribution in [-0.4, -0.2) is 20.6 Å². The summed E-state index contributed by atoms with van der Waals surface area (Å²) >= 11 is 0. The van der Waals surface area contributed by atoms with Crippen LogP contribution in [0.15, 0.2) is 36.4 Å². The first-order valence-corrected chi connectivity index (χ1v) is 12.0. The monoisotopic (exact) mass is 487 g/mol. The van der Waals surface area contributed by atoms with Crippen molar-refractivity contribution in [2.75, 3.05) is 5.32 Å². The maximum absolute atomic E-state index is 13.0. The van der Waals surface area contributed by atoms with Gasteiger partial charge in [0.1, 0.15) is 0 Å². The molecule has 2 N–H and O–H groups in total. The van der Waals surface area contributed by atoms with Gasteiger partial charge in [-0.1, -0.05) is 20.8 Å². The molecule has 3 aromatic rings. The van der Waals surface area contributed by atoms with E-state index in [0.717, 1.165) is 53.6 Å². The highest BCUT2D eigenvalue weighted by molar-refractivity contribution is 5.82. The van der Waals surface area contributed by atoms with Gasteiger partial charge in [0.15, 0.2) is 0 Å². The third-order valence-corrected chi connectivity index (χ3v) is 6.95. The number of nitrogens with one attached hydrogen (secondary N) is 1. The van der Waals surface area contributed by atoms with Gasteiger partial charge in [0.05, 0.1) is 16.6 Å². The summed E-state index contributed by atoms with van der Waals surface area (Å²) in [6.07, 6.45) is -0.854. The number of halogens is 3. The number of carboxylic acids is 1. The molecule has 35 heavy (non-hydrogen) atoms. The molecule has 1 heterocycles.